The Morgan fingerprint density at radius 1 is 1.30 bits per heavy atom. The van der Waals surface area contributed by atoms with E-state index >= 15 is 0 Å². The summed E-state index contributed by atoms with van der Waals surface area (Å²) in [7, 11) is 1.67. The Bertz CT molecular complexity index is 798. The van der Waals surface area contributed by atoms with Crippen LogP contribution in [0.25, 0.3) is 11.3 Å². The SMILES string of the molecule is COc1cccc(-c2ncn(CCN3CCCOC3=O)c2C2CCOC2)c1. The number of amides is 1. The van der Waals surface area contributed by atoms with Crippen LogP contribution >= 0.6 is 0 Å². The van der Waals surface area contributed by atoms with Gasteiger partial charge in [-0.1, -0.05) is 12.1 Å². The van der Waals surface area contributed by atoms with Crippen LogP contribution in [0.3, 0.4) is 0 Å². The van der Waals surface area contributed by atoms with E-state index in [1.165, 1.54) is 5.69 Å². The first-order chi connectivity index (χ1) is 13.3. The Labute approximate surface area is 158 Å². The summed E-state index contributed by atoms with van der Waals surface area (Å²) in [4.78, 5) is 18.4. The minimum absolute atomic E-state index is 0.222. The molecule has 1 aromatic heterocycles. The van der Waals surface area contributed by atoms with E-state index in [1.807, 2.05) is 24.5 Å². The second-order valence-electron chi connectivity index (χ2n) is 6.92. The van der Waals surface area contributed by atoms with Gasteiger partial charge in [0.25, 0.3) is 0 Å². The summed E-state index contributed by atoms with van der Waals surface area (Å²) in [6.07, 6.45) is 3.51. The number of benzene rings is 1. The van der Waals surface area contributed by atoms with Gasteiger partial charge in [0.15, 0.2) is 0 Å². The molecule has 0 N–H and O–H groups in total. The smallest absolute Gasteiger partial charge is 0.409 e. The van der Waals surface area contributed by atoms with Gasteiger partial charge in [0, 0.05) is 37.7 Å². The molecule has 7 heteroatoms. The molecule has 144 valence electrons. The largest absolute Gasteiger partial charge is 0.497 e. The van der Waals surface area contributed by atoms with Gasteiger partial charge in [-0.15, -0.1) is 0 Å². The molecule has 1 aromatic carbocycles. The molecule has 0 saturated carbocycles. The summed E-state index contributed by atoms with van der Waals surface area (Å²) in [5.41, 5.74) is 3.17. The lowest BCUT2D eigenvalue weighted by molar-refractivity contribution is 0.0715. The zero-order valence-electron chi connectivity index (χ0n) is 15.6. The highest BCUT2D eigenvalue weighted by atomic mass is 16.6. The van der Waals surface area contributed by atoms with E-state index in [2.05, 4.69) is 10.6 Å². The maximum Gasteiger partial charge on any atom is 0.409 e. The van der Waals surface area contributed by atoms with Crippen LogP contribution < -0.4 is 4.74 Å². The Hall–Kier alpha value is -2.54. The zero-order valence-corrected chi connectivity index (χ0v) is 15.6. The summed E-state index contributed by atoms with van der Waals surface area (Å²) >= 11 is 0. The first-order valence-electron chi connectivity index (χ1n) is 9.45. The van der Waals surface area contributed by atoms with Crippen LogP contribution in [0.4, 0.5) is 4.79 Å². The molecule has 2 aliphatic rings. The number of hydrogen-bond acceptors (Lipinski definition) is 5. The molecular weight excluding hydrogens is 346 g/mol. The van der Waals surface area contributed by atoms with Crippen LogP contribution in [0.1, 0.15) is 24.5 Å². The Balaban J connectivity index is 1.61. The van der Waals surface area contributed by atoms with E-state index in [9.17, 15) is 4.79 Å². The fraction of sp³-hybridized carbons (Fsp3) is 0.500. The molecule has 27 heavy (non-hydrogen) atoms. The Morgan fingerprint density at radius 2 is 2.22 bits per heavy atom. The first kappa shape index (κ1) is 17.9. The number of rotatable bonds is 6. The van der Waals surface area contributed by atoms with Gasteiger partial charge in [-0.3, -0.25) is 0 Å². The second-order valence-corrected chi connectivity index (χ2v) is 6.92. The maximum atomic E-state index is 11.9. The third-order valence-corrected chi connectivity index (χ3v) is 5.20. The molecule has 2 fully saturated rings. The van der Waals surface area contributed by atoms with E-state index in [0.717, 1.165) is 43.0 Å². The summed E-state index contributed by atoms with van der Waals surface area (Å²) in [5.74, 6) is 1.12. The lowest BCUT2D eigenvalue weighted by atomic mass is 9.99. The van der Waals surface area contributed by atoms with Crippen molar-refractivity contribution < 1.29 is 19.0 Å². The van der Waals surface area contributed by atoms with Crippen LogP contribution in [0.15, 0.2) is 30.6 Å². The number of nitrogens with zero attached hydrogens (tertiary/aromatic N) is 3. The monoisotopic (exact) mass is 371 g/mol. The average Bonchev–Trinajstić information content (AvgIpc) is 3.37. The van der Waals surface area contributed by atoms with E-state index in [4.69, 9.17) is 19.2 Å². The summed E-state index contributed by atoms with van der Waals surface area (Å²) in [6, 6.07) is 7.97. The highest BCUT2D eigenvalue weighted by Crippen LogP contribution is 2.34. The topological polar surface area (TPSA) is 65.8 Å². The van der Waals surface area contributed by atoms with Crippen LogP contribution in [-0.2, 0) is 16.0 Å². The number of carbonyl (C=O) groups is 1. The van der Waals surface area contributed by atoms with Gasteiger partial charge in [0.2, 0.25) is 0 Å². The van der Waals surface area contributed by atoms with Gasteiger partial charge in [0.1, 0.15) is 5.75 Å². The third-order valence-electron chi connectivity index (χ3n) is 5.20. The lowest BCUT2D eigenvalue weighted by Gasteiger charge is -2.27. The molecule has 0 bridgehead atoms. The Morgan fingerprint density at radius 3 is 3.00 bits per heavy atom. The van der Waals surface area contributed by atoms with Crippen molar-refractivity contribution in [2.45, 2.75) is 25.3 Å². The van der Waals surface area contributed by atoms with Gasteiger partial charge in [-0.25, -0.2) is 9.78 Å². The molecule has 1 unspecified atom stereocenters. The van der Waals surface area contributed by atoms with Crippen molar-refractivity contribution in [2.24, 2.45) is 0 Å². The minimum Gasteiger partial charge on any atom is -0.497 e. The number of methoxy groups -OCH3 is 1. The van der Waals surface area contributed by atoms with Crippen molar-refractivity contribution in [3.8, 4) is 17.0 Å². The van der Waals surface area contributed by atoms with E-state index < -0.39 is 0 Å². The molecule has 4 rings (SSSR count). The number of carbonyl (C=O) groups excluding carboxylic acids is 1. The van der Waals surface area contributed by atoms with E-state index in [1.54, 1.807) is 12.0 Å². The quantitative estimate of drug-likeness (QED) is 0.781. The van der Waals surface area contributed by atoms with Gasteiger partial charge in [-0.2, -0.15) is 0 Å². The number of ether oxygens (including phenoxy) is 3. The van der Waals surface area contributed by atoms with Crippen molar-refractivity contribution in [1.82, 2.24) is 14.5 Å². The highest BCUT2D eigenvalue weighted by molar-refractivity contribution is 5.68. The van der Waals surface area contributed by atoms with E-state index in [-0.39, 0.29) is 6.09 Å². The molecule has 0 spiro atoms. The summed E-state index contributed by atoms with van der Waals surface area (Å²) in [5, 5.41) is 0. The molecule has 2 aromatic rings. The molecule has 3 heterocycles. The Kier molecular flexibility index (Phi) is 5.29. The fourth-order valence-electron chi connectivity index (χ4n) is 3.77. The summed E-state index contributed by atoms with van der Waals surface area (Å²) in [6.45, 7) is 4.05. The van der Waals surface area contributed by atoms with Gasteiger partial charge in [0.05, 0.1) is 38.0 Å². The molecule has 2 saturated heterocycles. The molecule has 0 radical (unpaired) electrons. The number of hydrogen-bond donors (Lipinski definition) is 0. The van der Waals surface area contributed by atoms with Crippen LogP contribution in [0, 0.1) is 0 Å². The molecule has 1 amide bonds. The first-order valence-corrected chi connectivity index (χ1v) is 9.45. The number of cyclic esters (lactones) is 1. The van der Waals surface area contributed by atoms with Crippen LogP contribution in [0.2, 0.25) is 0 Å². The second kappa shape index (κ2) is 8.00. The van der Waals surface area contributed by atoms with Crippen molar-refractivity contribution in [1.29, 1.82) is 0 Å². The number of aromatic nitrogens is 2. The van der Waals surface area contributed by atoms with Crippen molar-refractivity contribution in [3.63, 3.8) is 0 Å². The fourth-order valence-corrected chi connectivity index (χ4v) is 3.77. The molecule has 2 aliphatic heterocycles. The van der Waals surface area contributed by atoms with Crippen molar-refractivity contribution in [3.05, 3.63) is 36.3 Å². The maximum absolute atomic E-state index is 11.9. The van der Waals surface area contributed by atoms with E-state index in [0.29, 0.717) is 32.2 Å². The highest BCUT2D eigenvalue weighted by Gasteiger charge is 2.27. The predicted molar refractivity (Wildman–Crippen MR) is 99.9 cm³/mol. The normalized spacial score (nSPS) is 20.0. The number of imidazole rings is 1. The third kappa shape index (κ3) is 3.78. The summed E-state index contributed by atoms with van der Waals surface area (Å²) < 4.78 is 18.3. The average molecular weight is 371 g/mol. The molecule has 0 aliphatic carbocycles. The van der Waals surface area contributed by atoms with Crippen molar-refractivity contribution >= 4 is 6.09 Å². The molecular formula is C20H25N3O4. The molecule has 1 atom stereocenters. The zero-order chi connectivity index (χ0) is 18.6. The van der Waals surface area contributed by atoms with Gasteiger partial charge < -0.3 is 23.7 Å². The molecule has 7 nitrogen and oxygen atoms in total. The van der Waals surface area contributed by atoms with Gasteiger partial charge >= 0.3 is 6.09 Å². The van der Waals surface area contributed by atoms with Crippen molar-refractivity contribution in [2.75, 3.05) is 40.0 Å². The standard InChI is InChI=1S/C20H25N3O4/c1-25-17-5-2-4-15(12-17)18-19(16-6-11-26-13-16)23(14-21-18)9-8-22-7-3-10-27-20(22)24/h2,4-5,12,14,16H,3,6-11,13H2,1H3. The predicted octanol–water partition coefficient (Wildman–Crippen LogP) is 2.90. The van der Waals surface area contributed by atoms with Gasteiger partial charge in [-0.05, 0) is 25.0 Å². The lowest BCUT2D eigenvalue weighted by Crippen LogP contribution is -2.39. The van der Waals surface area contributed by atoms with Crippen LogP contribution in [-0.4, -0.2) is 60.6 Å². The minimum atomic E-state index is -0.222. The van der Waals surface area contributed by atoms with Crippen LogP contribution in [0.5, 0.6) is 5.75 Å².